The largest absolute Gasteiger partial charge is 0.462 e. The minimum Gasteiger partial charge on any atom is -0.462 e. The van der Waals surface area contributed by atoms with Crippen molar-refractivity contribution in [1.29, 1.82) is 0 Å². The van der Waals surface area contributed by atoms with Crippen molar-refractivity contribution < 1.29 is 14.3 Å². The lowest BCUT2D eigenvalue weighted by Crippen LogP contribution is -2.12. The van der Waals surface area contributed by atoms with Gasteiger partial charge in [0.05, 0.1) is 17.9 Å². The summed E-state index contributed by atoms with van der Waals surface area (Å²) >= 11 is 1.09. The maximum Gasteiger partial charge on any atom is 0.350 e. The zero-order valence-corrected chi connectivity index (χ0v) is 15.2. The Kier molecular flexibility index (Phi) is 5.38. The third kappa shape index (κ3) is 3.94. The highest BCUT2D eigenvalue weighted by atomic mass is 32.1. The van der Waals surface area contributed by atoms with Gasteiger partial charge in [-0.05, 0) is 26.0 Å². The van der Waals surface area contributed by atoms with Crippen molar-refractivity contribution in [3.05, 3.63) is 64.8 Å². The van der Waals surface area contributed by atoms with Crippen LogP contribution in [-0.2, 0) is 4.74 Å². The Bertz CT molecular complexity index is 921. The quantitative estimate of drug-likeness (QED) is 0.691. The van der Waals surface area contributed by atoms with E-state index in [1.54, 1.807) is 19.1 Å². The average molecular weight is 367 g/mol. The fourth-order valence-corrected chi connectivity index (χ4v) is 3.15. The molecule has 2 heterocycles. The Morgan fingerprint density at radius 3 is 2.58 bits per heavy atom. The van der Waals surface area contributed by atoms with E-state index in [1.807, 2.05) is 37.3 Å². The summed E-state index contributed by atoms with van der Waals surface area (Å²) in [5, 5.41) is 3.06. The minimum absolute atomic E-state index is 0.266. The van der Waals surface area contributed by atoms with E-state index in [0.717, 1.165) is 22.6 Å². The van der Waals surface area contributed by atoms with Gasteiger partial charge in [0.25, 0.3) is 5.91 Å². The topological polar surface area (TPSA) is 81.2 Å². The van der Waals surface area contributed by atoms with Crippen LogP contribution in [0.3, 0.4) is 0 Å². The Balaban J connectivity index is 1.91. The van der Waals surface area contributed by atoms with Crippen LogP contribution in [-0.4, -0.2) is 28.5 Å². The van der Waals surface area contributed by atoms with Gasteiger partial charge in [0.1, 0.15) is 4.88 Å². The molecule has 26 heavy (non-hydrogen) atoms. The van der Waals surface area contributed by atoms with Crippen LogP contribution in [0.2, 0.25) is 0 Å². The smallest absolute Gasteiger partial charge is 0.350 e. The molecular weight excluding hydrogens is 350 g/mol. The number of hydrogen-bond acceptors (Lipinski definition) is 6. The number of aromatic nitrogens is 2. The van der Waals surface area contributed by atoms with Crippen LogP contribution in [0.25, 0.3) is 11.3 Å². The number of benzene rings is 1. The predicted molar refractivity (Wildman–Crippen MR) is 100 cm³/mol. The molecule has 0 unspecified atom stereocenters. The van der Waals surface area contributed by atoms with Crippen LogP contribution in [0.5, 0.6) is 0 Å². The second-order valence-corrected chi connectivity index (χ2v) is 6.42. The van der Waals surface area contributed by atoms with E-state index in [9.17, 15) is 9.59 Å². The summed E-state index contributed by atoms with van der Waals surface area (Å²) in [4.78, 5) is 33.6. The second-order valence-electron chi connectivity index (χ2n) is 5.43. The fourth-order valence-electron chi connectivity index (χ4n) is 2.27. The summed E-state index contributed by atoms with van der Waals surface area (Å²) in [5.41, 5.74) is 2.52. The molecule has 0 saturated carbocycles. The molecule has 1 N–H and O–H groups in total. The SMILES string of the molecule is CCOC(=O)c1sc(NC(=O)c2ccc(C)nc2)nc1-c1ccccc1. The lowest BCUT2D eigenvalue weighted by atomic mass is 10.1. The normalized spacial score (nSPS) is 10.4. The molecule has 0 saturated heterocycles. The highest BCUT2D eigenvalue weighted by Crippen LogP contribution is 2.32. The van der Waals surface area contributed by atoms with E-state index in [2.05, 4.69) is 15.3 Å². The van der Waals surface area contributed by atoms with Crippen LogP contribution in [0.15, 0.2) is 48.7 Å². The Labute approximate surface area is 154 Å². The lowest BCUT2D eigenvalue weighted by molar-refractivity contribution is 0.0532. The zero-order chi connectivity index (χ0) is 18.5. The first-order valence-corrected chi connectivity index (χ1v) is 8.87. The number of carbonyl (C=O) groups excluding carboxylic acids is 2. The van der Waals surface area contributed by atoms with Gasteiger partial charge < -0.3 is 4.74 Å². The van der Waals surface area contributed by atoms with Gasteiger partial charge >= 0.3 is 5.97 Å². The molecule has 3 aromatic rings. The van der Waals surface area contributed by atoms with E-state index in [4.69, 9.17) is 4.74 Å². The van der Waals surface area contributed by atoms with E-state index < -0.39 is 5.97 Å². The van der Waals surface area contributed by atoms with Crippen molar-refractivity contribution in [2.24, 2.45) is 0 Å². The molecular formula is C19H17N3O3S. The standard InChI is InChI=1S/C19H17N3O3S/c1-3-25-18(24)16-15(13-7-5-4-6-8-13)21-19(26-16)22-17(23)14-10-9-12(2)20-11-14/h4-11H,3H2,1-2H3,(H,21,22,23). The molecule has 7 heteroatoms. The number of ether oxygens (including phenoxy) is 1. The number of aryl methyl sites for hydroxylation is 1. The summed E-state index contributed by atoms with van der Waals surface area (Å²) in [6.07, 6.45) is 1.50. The van der Waals surface area contributed by atoms with Crippen molar-refractivity contribution in [1.82, 2.24) is 9.97 Å². The van der Waals surface area contributed by atoms with Crippen molar-refractivity contribution in [2.75, 3.05) is 11.9 Å². The molecule has 0 fully saturated rings. The maximum atomic E-state index is 12.4. The number of rotatable bonds is 5. The first-order valence-electron chi connectivity index (χ1n) is 8.06. The van der Waals surface area contributed by atoms with Gasteiger partial charge in [-0.3, -0.25) is 15.1 Å². The number of nitrogens with zero attached hydrogens (tertiary/aromatic N) is 2. The van der Waals surface area contributed by atoms with Gasteiger partial charge in [-0.15, -0.1) is 0 Å². The molecule has 2 aromatic heterocycles. The molecule has 132 valence electrons. The van der Waals surface area contributed by atoms with Crippen LogP contribution < -0.4 is 5.32 Å². The Morgan fingerprint density at radius 2 is 1.92 bits per heavy atom. The molecule has 1 aromatic carbocycles. The molecule has 0 aliphatic heterocycles. The Hall–Kier alpha value is -3.06. The number of anilines is 1. The van der Waals surface area contributed by atoms with Crippen LogP contribution in [0.1, 0.15) is 32.6 Å². The second kappa shape index (κ2) is 7.88. The first kappa shape index (κ1) is 17.8. The summed E-state index contributed by atoms with van der Waals surface area (Å²) < 4.78 is 5.11. The van der Waals surface area contributed by atoms with Gasteiger partial charge in [0.2, 0.25) is 0 Å². The molecule has 0 aliphatic rings. The number of carbonyl (C=O) groups is 2. The highest BCUT2D eigenvalue weighted by molar-refractivity contribution is 7.18. The molecule has 1 amide bonds. The minimum atomic E-state index is -0.457. The van der Waals surface area contributed by atoms with E-state index in [0.29, 0.717) is 21.3 Å². The van der Waals surface area contributed by atoms with Gasteiger partial charge in [-0.25, -0.2) is 9.78 Å². The third-order valence-corrected chi connectivity index (χ3v) is 4.48. The number of nitrogens with one attached hydrogen (secondary N) is 1. The summed E-state index contributed by atoms with van der Waals surface area (Å²) in [7, 11) is 0. The average Bonchev–Trinajstić information content (AvgIpc) is 3.07. The number of hydrogen-bond donors (Lipinski definition) is 1. The lowest BCUT2D eigenvalue weighted by Gasteiger charge is -2.01. The number of esters is 1. The monoisotopic (exact) mass is 367 g/mol. The molecule has 0 aliphatic carbocycles. The van der Waals surface area contributed by atoms with Gasteiger partial charge in [0.15, 0.2) is 5.13 Å². The molecule has 3 rings (SSSR count). The van der Waals surface area contributed by atoms with Crippen LogP contribution in [0.4, 0.5) is 5.13 Å². The molecule has 6 nitrogen and oxygen atoms in total. The van der Waals surface area contributed by atoms with Crippen molar-refractivity contribution in [3.63, 3.8) is 0 Å². The van der Waals surface area contributed by atoms with E-state index >= 15 is 0 Å². The van der Waals surface area contributed by atoms with Crippen LogP contribution >= 0.6 is 11.3 Å². The molecule has 0 atom stereocenters. The Morgan fingerprint density at radius 1 is 1.15 bits per heavy atom. The fraction of sp³-hybridized carbons (Fsp3) is 0.158. The van der Waals surface area contributed by atoms with Gasteiger partial charge in [-0.1, -0.05) is 41.7 Å². The van der Waals surface area contributed by atoms with Crippen molar-refractivity contribution >= 4 is 28.3 Å². The van der Waals surface area contributed by atoms with Gasteiger partial charge in [0, 0.05) is 17.5 Å². The first-order chi connectivity index (χ1) is 12.6. The maximum absolute atomic E-state index is 12.4. The summed E-state index contributed by atoms with van der Waals surface area (Å²) in [6, 6.07) is 12.8. The third-order valence-electron chi connectivity index (χ3n) is 3.53. The zero-order valence-electron chi connectivity index (χ0n) is 14.4. The highest BCUT2D eigenvalue weighted by Gasteiger charge is 2.21. The van der Waals surface area contributed by atoms with Crippen molar-refractivity contribution in [3.8, 4) is 11.3 Å². The van der Waals surface area contributed by atoms with Gasteiger partial charge in [-0.2, -0.15) is 0 Å². The molecule has 0 radical (unpaired) electrons. The summed E-state index contributed by atoms with van der Waals surface area (Å²) in [6.45, 7) is 3.86. The number of thiazole rings is 1. The van der Waals surface area contributed by atoms with E-state index in [1.165, 1.54) is 6.20 Å². The van der Waals surface area contributed by atoms with Crippen LogP contribution in [0, 0.1) is 6.92 Å². The molecule has 0 bridgehead atoms. The molecule has 0 spiro atoms. The number of amides is 1. The predicted octanol–water partition coefficient (Wildman–Crippen LogP) is 3.94. The van der Waals surface area contributed by atoms with E-state index in [-0.39, 0.29) is 12.5 Å². The summed E-state index contributed by atoms with van der Waals surface area (Å²) in [5.74, 6) is -0.789. The van der Waals surface area contributed by atoms with Crippen molar-refractivity contribution in [2.45, 2.75) is 13.8 Å². The number of pyridine rings is 1.